The average molecular weight is 300 g/mol. The topological polar surface area (TPSA) is 33.2 Å². The molecule has 2 aromatic rings. The predicted octanol–water partition coefficient (Wildman–Crippen LogP) is 3.86. The van der Waals surface area contributed by atoms with Crippen LogP contribution in [0.15, 0.2) is 24.3 Å². The predicted molar refractivity (Wildman–Crippen MR) is 87.3 cm³/mol. The van der Waals surface area contributed by atoms with Crippen molar-refractivity contribution in [3.05, 3.63) is 46.0 Å². The van der Waals surface area contributed by atoms with Crippen molar-refractivity contribution in [1.29, 1.82) is 0 Å². The highest BCUT2D eigenvalue weighted by atomic mass is 32.1. The molecule has 110 valence electrons. The summed E-state index contributed by atoms with van der Waals surface area (Å²) in [5.41, 5.74) is 3.79. The highest BCUT2D eigenvalue weighted by Gasteiger charge is 2.19. The van der Waals surface area contributed by atoms with Crippen LogP contribution in [0.1, 0.15) is 46.3 Å². The second-order valence-electron chi connectivity index (χ2n) is 5.47. The summed E-state index contributed by atoms with van der Waals surface area (Å²) in [5, 5.41) is 0.997. The molecule has 2 heterocycles. The van der Waals surface area contributed by atoms with Gasteiger partial charge in [-0.05, 0) is 30.4 Å². The van der Waals surface area contributed by atoms with Crippen LogP contribution < -0.4 is 4.90 Å². The van der Waals surface area contributed by atoms with E-state index in [2.05, 4.69) is 36.1 Å². The van der Waals surface area contributed by atoms with E-state index in [1.165, 1.54) is 22.5 Å². The van der Waals surface area contributed by atoms with Crippen LogP contribution in [0.5, 0.6) is 0 Å². The van der Waals surface area contributed by atoms with Gasteiger partial charge in [0.25, 0.3) is 0 Å². The number of thiazole rings is 1. The number of nitrogens with zero attached hydrogens (tertiary/aromatic N) is 2. The van der Waals surface area contributed by atoms with Crippen LogP contribution in [0.2, 0.25) is 0 Å². The first-order valence-corrected chi connectivity index (χ1v) is 8.40. The first-order valence-electron chi connectivity index (χ1n) is 7.58. The van der Waals surface area contributed by atoms with Gasteiger partial charge in [0.2, 0.25) is 0 Å². The zero-order valence-electron chi connectivity index (χ0n) is 12.3. The van der Waals surface area contributed by atoms with Crippen molar-refractivity contribution in [1.82, 2.24) is 4.98 Å². The molecule has 1 aliphatic rings. The molecule has 0 atom stereocenters. The normalized spacial score (nSPS) is 14.6. The molecule has 0 radical (unpaired) electrons. The monoisotopic (exact) mass is 300 g/mol. The molecule has 0 spiro atoms. The molecule has 0 saturated carbocycles. The molecule has 4 heteroatoms. The third-order valence-electron chi connectivity index (χ3n) is 3.93. The molecule has 1 aromatic heterocycles. The fourth-order valence-corrected chi connectivity index (χ4v) is 3.81. The summed E-state index contributed by atoms with van der Waals surface area (Å²) in [6.07, 6.45) is 5.12. The highest BCUT2D eigenvalue weighted by molar-refractivity contribution is 7.17. The largest absolute Gasteiger partial charge is 0.344 e. The summed E-state index contributed by atoms with van der Waals surface area (Å²) in [6.45, 7) is 4.02. The number of aldehydes is 1. The minimum atomic E-state index is 0.796. The van der Waals surface area contributed by atoms with E-state index >= 15 is 0 Å². The molecule has 0 fully saturated rings. The maximum Gasteiger partial charge on any atom is 0.186 e. The summed E-state index contributed by atoms with van der Waals surface area (Å²) in [5.74, 6) is 0. The van der Waals surface area contributed by atoms with Crippen LogP contribution in [0.25, 0.3) is 0 Å². The van der Waals surface area contributed by atoms with Crippen LogP contribution in [0, 0.1) is 0 Å². The average Bonchev–Trinajstić information content (AvgIpc) is 2.78. The van der Waals surface area contributed by atoms with E-state index in [0.29, 0.717) is 0 Å². The Morgan fingerprint density at radius 2 is 2.14 bits per heavy atom. The fraction of sp³-hybridized carbons (Fsp3) is 0.412. The first kappa shape index (κ1) is 14.3. The fourth-order valence-electron chi connectivity index (χ4n) is 2.86. The molecule has 0 unspecified atom stereocenters. The summed E-state index contributed by atoms with van der Waals surface area (Å²) in [4.78, 5) is 19.1. The second kappa shape index (κ2) is 6.39. The smallest absolute Gasteiger partial charge is 0.186 e. The maximum absolute atomic E-state index is 11.2. The molecule has 0 aliphatic carbocycles. The molecule has 1 aromatic carbocycles. The number of benzene rings is 1. The Morgan fingerprint density at radius 3 is 2.90 bits per heavy atom. The van der Waals surface area contributed by atoms with Gasteiger partial charge in [-0.25, -0.2) is 4.98 Å². The Kier molecular flexibility index (Phi) is 4.34. The van der Waals surface area contributed by atoms with Crippen molar-refractivity contribution in [2.24, 2.45) is 0 Å². The van der Waals surface area contributed by atoms with Gasteiger partial charge < -0.3 is 4.90 Å². The Balaban J connectivity index is 1.88. The van der Waals surface area contributed by atoms with E-state index in [0.717, 1.165) is 60.8 Å². The Hall–Kier alpha value is -1.68. The lowest BCUT2D eigenvalue weighted by Crippen LogP contribution is -2.22. The zero-order valence-corrected chi connectivity index (χ0v) is 13.2. The number of carbonyl (C=O) groups excluding carboxylic acids is 1. The maximum atomic E-state index is 11.2. The van der Waals surface area contributed by atoms with Gasteiger partial charge >= 0.3 is 0 Å². The number of aryl methyl sites for hydroxylation is 2. The van der Waals surface area contributed by atoms with E-state index < -0.39 is 0 Å². The Morgan fingerprint density at radius 1 is 1.33 bits per heavy atom. The van der Waals surface area contributed by atoms with E-state index in [1.54, 1.807) is 0 Å². The van der Waals surface area contributed by atoms with Gasteiger partial charge in [-0.2, -0.15) is 0 Å². The van der Waals surface area contributed by atoms with Gasteiger partial charge in [-0.3, -0.25) is 4.79 Å². The van der Waals surface area contributed by atoms with Crippen molar-refractivity contribution in [3.8, 4) is 0 Å². The van der Waals surface area contributed by atoms with Gasteiger partial charge in [-0.1, -0.05) is 48.9 Å². The summed E-state index contributed by atoms with van der Waals surface area (Å²) < 4.78 is 0. The van der Waals surface area contributed by atoms with Crippen LogP contribution >= 0.6 is 11.3 Å². The van der Waals surface area contributed by atoms with Gasteiger partial charge in [0, 0.05) is 13.1 Å². The quantitative estimate of drug-likeness (QED) is 0.804. The minimum Gasteiger partial charge on any atom is -0.344 e. The van der Waals surface area contributed by atoms with Crippen molar-refractivity contribution < 1.29 is 4.79 Å². The van der Waals surface area contributed by atoms with Crippen molar-refractivity contribution in [2.45, 2.75) is 39.2 Å². The summed E-state index contributed by atoms with van der Waals surface area (Å²) in [6, 6.07) is 8.64. The molecule has 3 rings (SSSR count). The summed E-state index contributed by atoms with van der Waals surface area (Å²) in [7, 11) is 0. The molecule has 21 heavy (non-hydrogen) atoms. The third kappa shape index (κ3) is 3.00. The van der Waals surface area contributed by atoms with Crippen LogP contribution in [0.4, 0.5) is 5.13 Å². The number of hydrogen-bond acceptors (Lipinski definition) is 4. The number of aromatic nitrogens is 1. The van der Waals surface area contributed by atoms with E-state index in [4.69, 9.17) is 4.98 Å². The van der Waals surface area contributed by atoms with E-state index in [9.17, 15) is 4.79 Å². The van der Waals surface area contributed by atoms with Gasteiger partial charge in [0.1, 0.15) is 0 Å². The Labute approximate surface area is 129 Å². The van der Waals surface area contributed by atoms with Crippen LogP contribution in [-0.2, 0) is 19.4 Å². The number of carbonyl (C=O) groups is 1. The SMILES string of the molecule is CCCc1nc(N2CCCc3ccccc3C2)sc1C=O. The third-order valence-corrected chi connectivity index (χ3v) is 5.02. The lowest BCUT2D eigenvalue weighted by molar-refractivity contribution is 0.112. The van der Waals surface area contributed by atoms with Crippen molar-refractivity contribution in [2.75, 3.05) is 11.4 Å². The van der Waals surface area contributed by atoms with Crippen molar-refractivity contribution >= 4 is 22.8 Å². The van der Waals surface area contributed by atoms with Gasteiger partial charge in [-0.15, -0.1) is 0 Å². The summed E-state index contributed by atoms with van der Waals surface area (Å²) >= 11 is 1.54. The number of rotatable bonds is 4. The molecule has 3 nitrogen and oxygen atoms in total. The molecule has 0 N–H and O–H groups in total. The molecule has 0 amide bonds. The van der Waals surface area contributed by atoms with Crippen LogP contribution in [-0.4, -0.2) is 17.8 Å². The lowest BCUT2D eigenvalue weighted by Gasteiger charge is -2.19. The molecule has 1 aliphatic heterocycles. The number of fused-ring (bicyclic) bond motifs is 1. The minimum absolute atomic E-state index is 0.796. The van der Waals surface area contributed by atoms with E-state index in [-0.39, 0.29) is 0 Å². The first-order chi connectivity index (χ1) is 10.3. The standard InChI is InChI=1S/C17H20N2OS/c1-2-6-15-16(12-20)21-17(18-15)19-10-5-9-13-7-3-4-8-14(13)11-19/h3-4,7-8,12H,2,5-6,9-11H2,1H3. The van der Waals surface area contributed by atoms with Crippen molar-refractivity contribution in [3.63, 3.8) is 0 Å². The molecule has 0 saturated heterocycles. The lowest BCUT2D eigenvalue weighted by atomic mass is 10.0. The van der Waals surface area contributed by atoms with Gasteiger partial charge in [0.15, 0.2) is 11.4 Å². The van der Waals surface area contributed by atoms with Gasteiger partial charge in [0.05, 0.1) is 10.6 Å². The zero-order chi connectivity index (χ0) is 14.7. The van der Waals surface area contributed by atoms with Crippen LogP contribution in [0.3, 0.4) is 0 Å². The number of anilines is 1. The highest BCUT2D eigenvalue weighted by Crippen LogP contribution is 2.29. The number of hydrogen-bond donors (Lipinski definition) is 0. The Bertz CT molecular complexity index is 635. The van der Waals surface area contributed by atoms with E-state index in [1.807, 2.05) is 0 Å². The molecule has 0 bridgehead atoms. The second-order valence-corrected chi connectivity index (χ2v) is 6.48. The molecular weight excluding hydrogens is 280 g/mol. The molecular formula is C17H20N2OS.